The second-order valence-electron chi connectivity index (χ2n) is 9.89. The first-order valence-electron chi connectivity index (χ1n) is 10.4. The first kappa shape index (κ1) is 18.0. The zero-order valence-electron chi connectivity index (χ0n) is 16.5. The fourth-order valence-corrected chi connectivity index (χ4v) is 6.27. The molecule has 0 aromatic carbocycles. The Morgan fingerprint density at radius 1 is 1.12 bits per heavy atom. The highest BCUT2D eigenvalue weighted by atomic mass is 16.6. The van der Waals surface area contributed by atoms with Crippen LogP contribution in [0.3, 0.4) is 0 Å². The Morgan fingerprint density at radius 2 is 1.92 bits per heavy atom. The summed E-state index contributed by atoms with van der Waals surface area (Å²) < 4.78 is 5.94. The van der Waals surface area contributed by atoms with Crippen molar-refractivity contribution < 1.29 is 14.3 Å². The van der Waals surface area contributed by atoms with Crippen LogP contribution in [-0.2, 0) is 14.3 Å². The summed E-state index contributed by atoms with van der Waals surface area (Å²) in [5, 5.41) is 0. The molecule has 3 heteroatoms. The van der Waals surface area contributed by atoms with Crippen molar-refractivity contribution in [1.82, 2.24) is 0 Å². The second-order valence-corrected chi connectivity index (χ2v) is 9.89. The average molecular weight is 357 g/mol. The molecule has 1 aliphatic heterocycles. The largest absolute Gasteiger partial charge is 0.458 e. The van der Waals surface area contributed by atoms with Gasteiger partial charge in [-0.25, -0.2) is 0 Å². The van der Waals surface area contributed by atoms with E-state index in [0.29, 0.717) is 30.5 Å². The minimum absolute atomic E-state index is 0.00870. The van der Waals surface area contributed by atoms with E-state index in [-0.39, 0.29) is 22.4 Å². The van der Waals surface area contributed by atoms with Crippen LogP contribution in [0.15, 0.2) is 23.8 Å². The highest BCUT2D eigenvalue weighted by Gasteiger charge is 2.62. The number of hydrogen-bond donors (Lipinski definition) is 0. The van der Waals surface area contributed by atoms with Gasteiger partial charge in [0.2, 0.25) is 0 Å². The van der Waals surface area contributed by atoms with Gasteiger partial charge in [-0.15, -0.1) is 0 Å². The molecule has 1 unspecified atom stereocenters. The molecule has 4 rings (SSSR count). The lowest BCUT2D eigenvalue weighted by Crippen LogP contribution is -2.47. The highest BCUT2D eigenvalue weighted by Crippen LogP contribution is 2.63. The van der Waals surface area contributed by atoms with Gasteiger partial charge in [-0.3, -0.25) is 9.59 Å². The quantitative estimate of drug-likeness (QED) is 0.519. The molecule has 0 aromatic rings. The molecule has 4 aliphatic rings. The van der Waals surface area contributed by atoms with E-state index in [0.717, 1.165) is 44.9 Å². The summed E-state index contributed by atoms with van der Waals surface area (Å²) >= 11 is 0. The Hall–Kier alpha value is -1.38. The van der Waals surface area contributed by atoms with Crippen molar-refractivity contribution in [2.24, 2.45) is 22.7 Å². The van der Waals surface area contributed by atoms with Crippen LogP contribution in [0, 0.1) is 22.7 Å². The van der Waals surface area contributed by atoms with E-state index in [1.54, 1.807) is 0 Å². The number of carbonyl (C=O) groups is 2. The van der Waals surface area contributed by atoms with Gasteiger partial charge in [-0.2, -0.15) is 0 Å². The maximum Gasteiger partial charge on any atom is 0.306 e. The van der Waals surface area contributed by atoms with Crippen molar-refractivity contribution in [2.75, 3.05) is 0 Å². The Bertz CT molecular complexity index is 686. The summed E-state index contributed by atoms with van der Waals surface area (Å²) in [7, 11) is 0. The summed E-state index contributed by atoms with van der Waals surface area (Å²) in [4.78, 5) is 23.8. The van der Waals surface area contributed by atoms with Gasteiger partial charge in [0.15, 0.2) is 5.78 Å². The molecule has 0 amide bonds. The van der Waals surface area contributed by atoms with Crippen LogP contribution >= 0.6 is 0 Å². The smallest absolute Gasteiger partial charge is 0.306 e. The number of ketones is 1. The molecular formula is C23H32O3. The SMILES string of the molecule is CC1(C)CCC(=O)C=C1CC[C@@H]1C=CC[C@@]2(C)C1CC[C@@]21CCC(=O)O1. The summed E-state index contributed by atoms with van der Waals surface area (Å²) in [5.41, 5.74) is 1.32. The van der Waals surface area contributed by atoms with E-state index in [4.69, 9.17) is 4.74 Å². The van der Waals surface area contributed by atoms with E-state index >= 15 is 0 Å². The molecule has 142 valence electrons. The molecule has 0 aromatic heterocycles. The maximum atomic E-state index is 11.9. The lowest BCUT2D eigenvalue weighted by atomic mass is 9.60. The minimum Gasteiger partial charge on any atom is -0.458 e. The number of hydrogen-bond acceptors (Lipinski definition) is 3. The lowest BCUT2D eigenvalue weighted by Gasteiger charge is -2.47. The highest BCUT2D eigenvalue weighted by molar-refractivity contribution is 5.91. The third-order valence-electron chi connectivity index (χ3n) is 8.15. The normalized spacial score (nSPS) is 41.3. The minimum atomic E-state index is -0.225. The van der Waals surface area contributed by atoms with Gasteiger partial charge in [-0.05, 0) is 68.3 Å². The van der Waals surface area contributed by atoms with Crippen molar-refractivity contribution in [3.05, 3.63) is 23.8 Å². The molecule has 3 nitrogen and oxygen atoms in total. The molecule has 0 bridgehead atoms. The van der Waals surface area contributed by atoms with E-state index in [1.807, 2.05) is 6.08 Å². The summed E-state index contributed by atoms with van der Waals surface area (Å²) in [6.45, 7) is 6.90. The summed E-state index contributed by atoms with van der Waals surface area (Å²) in [6.07, 6.45) is 15.1. The van der Waals surface area contributed by atoms with Gasteiger partial charge in [0.05, 0.1) is 0 Å². The maximum absolute atomic E-state index is 11.9. The van der Waals surface area contributed by atoms with Crippen molar-refractivity contribution >= 4 is 11.8 Å². The predicted molar refractivity (Wildman–Crippen MR) is 101 cm³/mol. The van der Waals surface area contributed by atoms with Crippen molar-refractivity contribution in [2.45, 2.75) is 84.2 Å². The summed E-state index contributed by atoms with van der Waals surface area (Å²) in [6, 6.07) is 0. The van der Waals surface area contributed by atoms with Crippen LogP contribution in [0.5, 0.6) is 0 Å². The standard InChI is InChI=1S/C23H32O3/c1-21(2)12-8-18(24)15-17(21)7-6-16-5-4-11-22(3)19(16)9-13-23(22)14-10-20(25)26-23/h4-5,15-16,19H,6-14H2,1-3H3/t16-,19?,22-,23+/m0/s1. The lowest BCUT2D eigenvalue weighted by molar-refractivity contribution is -0.159. The van der Waals surface area contributed by atoms with E-state index in [9.17, 15) is 9.59 Å². The van der Waals surface area contributed by atoms with Crippen LogP contribution in [0.2, 0.25) is 0 Å². The number of carbonyl (C=O) groups excluding carboxylic acids is 2. The number of allylic oxidation sites excluding steroid dienone is 4. The Kier molecular flexibility index (Phi) is 4.20. The van der Waals surface area contributed by atoms with Gasteiger partial charge in [-0.1, -0.05) is 38.5 Å². The topological polar surface area (TPSA) is 43.4 Å². The molecule has 0 N–H and O–H groups in total. The number of esters is 1. The molecule has 2 fully saturated rings. The number of fused-ring (bicyclic) bond motifs is 2. The average Bonchev–Trinajstić information content (AvgIpc) is 3.10. The molecule has 0 radical (unpaired) electrons. The van der Waals surface area contributed by atoms with Gasteiger partial charge >= 0.3 is 5.97 Å². The van der Waals surface area contributed by atoms with Crippen LogP contribution in [-0.4, -0.2) is 17.4 Å². The van der Waals surface area contributed by atoms with E-state index in [1.165, 1.54) is 5.57 Å². The zero-order chi connectivity index (χ0) is 18.6. The Morgan fingerprint density at radius 3 is 2.65 bits per heavy atom. The molecule has 1 saturated heterocycles. The zero-order valence-corrected chi connectivity index (χ0v) is 16.5. The molecule has 4 atom stereocenters. The Balaban J connectivity index is 1.51. The molecular weight excluding hydrogens is 324 g/mol. The first-order chi connectivity index (χ1) is 12.3. The summed E-state index contributed by atoms with van der Waals surface area (Å²) in [5.74, 6) is 1.40. The van der Waals surface area contributed by atoms with Crippen molar-refractivity contribution in [3.63, 3.8) is 0 Å². The predicted octanol–water partition coefficient (Wildman–Crippen LogP) is 5.15. The molecule has 26 heavy (non-hydrogen) atoms. The van der Waals surface area contributed by atoms with Crippen LogP contribution in [0.25, 0.3) is 0 Å². The molecule has 3 aliphatic carbocycles. The molecule has 1 saturated carbocycles. The van der Waals surface area contributed by atoms with Gasteiger partial charge in [0, 0.05) is 18.3 Å². The monoisotopic (exact) mass is 356 g/mol. The van der Waals surface area contributed by atoms with Crippen LogP contribution in [0.4, 0.5) is 0 Å². The van der Waals surface area contributed by atoms with Crippen molar-refractivity contribution in [3.8, 4) is 0 Å². The number of rotatable bonds is 3. The molecule has 1 heterocycles. The number of ether oxygens (including phenoxy) is 1. The van der Waals surface area contributed by atoms with Crippen molar-refractivity contribution in [1.29, 1.82) is 0 Å². The van der Waals surface area contributed by atoms with Gasteiger partial charge in [0.25, 0.3) is 0 Å². The molecule has 1 spiro atoms. The van der Waals surface area contributed by atoms with Crippen LogP contribution in [0.1, 0.15) is 78.6 Å². The van der Waals surface area contributed by atoms with Gasteiger partial charge in [0.1, 0.15) is 5.60 Å². The first-order valence-corrected chi connectivity index (χ1v) is 10.4. The van der Waals surface area contributed by atoms with Crippen LogP contribution < -0.4 is 0 Å². The second kappa shape index (κ2) is 6.07. The van der Waals surface area contributed by atoms with E-state index in [2.05, 4.69) is 32.9 Å². The van der Waals surface area contributed by atoms with Gasteiger partial charge < -0.3 is 4.74 Å². The Labute approximate surface area is 157 Å². The third kappa shape index (κ3) is 2.70. The van der Waals surface area contributed by atoms with E-state index < -0.39 is 0 Å². The fourth-order valence-electron chi connectivity index (χ4n) is 6.27. The third-order valence-corrected chi connectivity index (χ3v) is 8.15. The fraction of sp³-hybridized carbons (Fsp3) is 0.739.